The van der Waals surface area contributed by atoms with Crippen LogP contribution in [0.4, 0.5) is 5.69 Å². The maximum absolute atomic E-state index is 12.0. The lowest BCUT2D eigenvalue weighted by Gasteiger charge is -2.12. The summed E-state index contributed by atoms with van der Waals surface area (Å²) in [4.78, 5) is 12.0. The van der Waals surface area contributed by atoms with Crippen LogP contribution in [0.2, 0.25) is 0 Å². The van der Waals surface area contributed by atoms with Crippen LogP contribution in [0.15, 0.2) is 35.1 Å². The third kappa shape index (κ3) is 3.64. The van der Waals surface area contributed by atoms with E-state index in [1.54, 1.807) is 0 Å². The first kappa shape index (κ1) is 14.2. The third-order valence-electron chi connectivity index (χ3n) is 2.89. The molecule has 0 aliphatic heterocycles. The molecule has 0 saturated carbocycles. The second kappa shape index (κ2) is 6.81. The average Bonchev–Trinajstić information content (AvgIpc) is 2.99. The Morgan fingerprint density at radius 3 is 3.00 bits per heavy atom. The van der Waals surface area contributed by atoms with Gasteiger partial charge in [0.25, 0.3) is 0 Å². The van der Waals surface area contributed by atoms with E-state index in [2.05, 4.69) is 20.8 Å². The molecular weight excluding hydrogens is 256 g/mol. The fourth-order valence-electron chi connectivity index (χ4n) is 1.75. The number of hydrogen-bond donors (Lipinski definition) is 2. The fourth-order valence-corrected chi connectivity index (χ4v) is 1.75. The van der Waals surface area contributed by atoms with Crippen molar-refractivity contribution in [2.75, 3.05) is 18.4 Å². The molecule has 20 heavy (non-hydrogen) atoms. The molecule has 2 rings (SSSR count). The maximum Gasteiger partial charge on any atom is 0.247 e. The number of nitrogens with one attached hydrogen (secondary N) is 2. The molecule has 0 bridgehead atoms. The molecule has 0 aliphatic carbocycles. The third-order valence-corrected chi connectivity index (χ3v) is 2.89. The number of carbonyl (C=O) groups excluding carboxylic acids is 1. The molecule has 1 amide bonds. The zero-order valence-electron chi connectivity index (χ0n) is 11.6. The molecule has 0 fully saturated rings. The second-order valence-electron chi connectivity index (χ2n) is 4.52. The van der Waals surface area contributed by atoms with E-state index in [-0.39, 0.29) is 11.8 Å². The van der Waals surface area contributed by atoms with Crippen molar-refractivity contribution in [3.63, 3.8) is 0 Å². The van der Waals surface area contributed by atoms with Gasteiger partial charge in [0.05, 0.1) is 0 Å². The van der Waals surface area contributed by atoms with Crippen molar-refractivity contribution in [2.45, 2.75) is 13.8 Å². The van der Waals surface area contributed by atoms with E-state index in [4.69, 9.17) is 4.42 Å². The highest BCUT2D eigenvalue weighted by Crippen LogP contribution is 2.20. The van der Waals surface area contributed by atoms with Gasteiger partial charge in [0.2, 0.25) is 18.2 Å². The SMILES string of the molecule is CCNCC(C)C(=O)Nc1cccc(-c2nnco2)c1. The normalized spacial score (nSPS) is 12.1. The van der Waals surface area contributed by atoms with Crippen LogP contribution in [0.3, 0.4) is 0 Å². The van der Waals surface area contributed by atoms with Crippen molar-refractivity contribution >= 4 is 11.6 Å². The van der Waals surface area contributed by atoms with Gasteiger partial charge >= 0.3 is 0 Å². The molecule has 6 nitrogen and oxygen atoms in total. The predicted molar refractivity (Wildman–Crippen MR) is 76.1 cm³/mol. The van der Waals surface area contributed by atoms with Gasteiger partial charge in [0.1, 0.15) is 0 Å². The molecule has 0 aliphatic rings. The van der Waals surface area contributed by atoms with Gasteiger partial charge in [0, 0.05) is 23.7 Å². The van der Waals surface area contributed by atoms with Crippen LogP contribution in [0.25, 0.3) is 11.5 Å². The zero-order valence-corrected chi connectivity index (χ0v) is 11.6. The Balaban J connectivity index is 2.03. The number of aromatic nitrogens is 2. The smallest absolute Gasteiger partial charge is 0.247 e. The minimum Gasteiger partial charge on any atom is -0.423 e. The van der Waals surface area contributed by atoms with Gasteiger partial charge < -0.3 is 15.1 Å². The van der Waals surface area contributed by atoms with Gasteiger partial charge in [-0.25, -0.2) is 0 Å². The molecule has 0 saturated heterocycles. The maximum atomic E-state index is 12.0. The molecule has 2 N–H and O–H groups in total. The average molecular weight is 274 g/mol. The standard InChI is InChI=1S/C14H18N4O2/c1-3-15-8-10(2)13(19)17-12-6-4-5-11(7-12)14-18-16-9-20-14/h4-7,9-10,15H,3,8H2,1-2H3,(H,17,19). The largest absolute Gasteiger partial charge is 0.423 e. The number of rotatable bonds is 6. The molecule has 6 heteroatoms. The van der Waals surface area contributed by atoms with E-state index in [1.165, 1.54) is 6.39 Å². The van der Waals surface area contributed by atoms with E-state index in [0.29, 0.717) is 18.1 Å². The lowest BCUT2D eigenvalue weighted by atomic mass is 10.1. The van der Waals surface area contributed by atoms with E-state index in [1.807, 2.05) is 38.1 Å². The van der Waals surface area contributed by atoms with Crippen LogP contribution in [0.1, 0.15) is 13.8 Å². The minimum atomic E-state index is -0.0954. The fraction of sp³-hybridized carbons (Fsp3) is 0.357. The summed E-state index contributed by atoms with van der Waals surface area (Å²) in [5.74, 6) is 0.317. The van der Waals surface area contributed by atoms with Gasteiger partial charge in [-0.3, -0.25) is 4.79 Å². The van der Waals surface area contributed by atoms with Crippen LogP contribution in [0.5, 0.6) is 0 Å². The molecule has 1 aromatic heterocycles. The lowest BCUT2D eigenvalue weighted by Crippen LogP contribution is -2.30. The number of benzene rings is 1. The van der Waals surface area contributed by atoms with Gasteiger partial charge in [0.15, 0.2) is 0 Å². The predicted octanol–water partition coefficient (Wildman–Crippen LogP) is 1.92. The summed E-state index contributed by atoms with van der Waals surface area (Å²) in [6, 6.07) is 7.33. The van der Waals surface area contributed by atoms with Gasteiger partial charge in [-0.1, -0.05) is 19.9 Å². The second-order valence-corrected chi connectivity index (χ2v) is 4.52. The summed E-state index contributed by atoms with van der Waals surface area (Å²) in [6.45, 7) is 5.41. The highest BCUT2D eigenvalue weighted by atomic mass is 16.4. The first-order valence-corrected chi connectivity index (χ1v) is 6.59. The van der Waals surface area contributed by atoms with Crippen molar-refractivity contribution in [3.8, 4) is 11.5 Å². The molecule has 106 valence electrons. The summed E-state index contributed by atoms with van der Waals surface area (Å²) < 4.78 is 5.14. The van der Waals surface area contributed by atoms with Crippen molar-refractivity contribution in [1.29, 1.82) is 0 Å². The first-order valence-electron chi connectivity index (χ1n) is 6.59. The van der Waals surface area contributed by atoms with Gasteiger partial charge in [-0.05, 0) is 24.7 Å². The van der Waals surface area contributed by atoms with Crippen molar-refractivity contribution in [1.82, 2.24) is 15.5 Å². The number of nitrogens with zero attached hydrogens (tertiary/aromatic N) is 2. The Bertz CT molecular complexity index is 554. The molecule has 1 aromatic carbocycles. The first-order chi connectivity index (χ1) is 9.70. The van der Waals surface area contributed by atoms with Crippen LogP contribution >= 0.6 is 0 Å². The van der Waals surface area contributed by atoms with Crippen LogP contribution < -0.4 is 10.6 Å². The quantitative estimate of drug-likeness (QED) is 0.841. The van der Waals surface area contributed by atoms with E-state index < -0.39 is 0 Å². The minimum absolute atomic E-state index is 0.0198. The monoisotopic (exact) mass is 274 g/mol. The summed E-state index contributed by atoms with van der Waals surface area (Å²) in [5.41, 5.74) is 1.49. The summed E-state index contributed by atoms with van der Waals surface area (Å²) >= 11 is 0. The van der Waals surface area contributed by atoms with E-state index in [9.17, 15) is 4.79 Å². The van der Waals surface area contributed by atoms with Gasteiger partial charge in [-0.15, -0.1) is 10.2 Å². The molecule has 1 atom stereocenters. The number of carbonyl (C=O) groups is 1. The number of amides is 1. The Labute approximate surface area is 117 Å². The molecule has 2 aromatic rings. The summed E-state index contributed by atoms with van der Waals surface area (Å²) in [5, 5.41) is 13.5. The Hall–Kier alpha value is -2.21. The van der Waals surface area contributed by atoms with Crippen LogP contribution in [0, 0.1) is 5.92 Å². The van der Waals surface area contributed by atoms with Gasteiger partial charge in [-0.2, -0.15) is 0 Å². The highest BCUT2D eigenvalue weighted by molar-refractivity contribution is 5.93. The van der Waals surface area contributed by atoms with Crippen LogP contribution in [-0.2, 0) is 4.79 Å². The Kier molecular flexibility index (Phi) is 4.84. The lowest BCUT2D eigenvalue weighted by molar-refractivity contribution is -0.119. The molecule has 1 unspecified atom stereocenters. The van der Waals surface area contributed by atoms with E-state index >= 15 is 0 Å². The Morgan fingerprint density at radius 1 is 1.45 bits per heavy atom. The number of anilines is 1. The van der Waals surface area contributed by atoms with Crippen molar-refractivity contribution in [2.24, 2.45) is 5.92 Å². The molecular formula is C14H18N4O2. The highest BCUT2D eigenvalue weighted by Gasteiger charge is 2.13. The zero-order chi connectivity index (χ0) is 14.4. The number of hydrogen-bond acceptors (Lipinski definition) is 5. The summed E-state index contributed by atoms with van der Waals surface area (Å²) in [6.07, 6.45) is 1.28. The van der Waals surface area contributed by atoms with Crippen molar-refractivity contribution in [3.05, 3.63) is 30.7 Å². The molecule has 1 heterocycles. The topological polar surface area (TPSA) is 80.0 Å². The molecule has 0 radical (unpaired) electrons. The Morgan fingerprint density at radius 2 is 2.30 bits per heavy atom. The van der Waals surface area contributed by atoms with Crippen LogP contribution in [-0.4, -0.2) is 29.2 Å². The molecule has 0 spiro atoms. The van der Waals surface area contributed by atoms with E-state index in [0.717, 1.165) is 12.1 Å². The van der Waals surface area contributed by atoms with Crippen molar-refractivity contribution < 1.29 is 9.21 Å². The summed E-state index contributed by atoms with van der Waals surface area (Å²) in [7, 11) is 0.